The number of nitrogens with two attached hydrogens (primary N) is 1. The van der Waals surface area contributed by atoms with E-state index in [-0.39, 0.29) is 11.9 Å². The lowest BCUT2D eigenvalue weighted by atomic mass is 9.99. The van der Waals surface area contributed by atoms with Crippen LogP contribution >= 0.6 is 39.1 Å². The van der Waals surface area contributed by atoms with Gasteiger partial charge in [-0.2, -0.15) is 0 Å². The van der Waals surface area contributed by atoms with Crippen LogP contribution in [-0.2, 0) is 6.42 Å². The molecular weight excluding hydrogens is 366 g/mol. The largest absolute Gasteiger partial charge is 0.271 e. The van der Waals surface area contributed by atoms with Crippen molar-refractivity contribution in [2.24, 2.45) is 5.84 Å². The van der Waals surface area contributed by atoms with Crippen LogP contribution in [-0.4, -0.2) is 0 Å². The van der Waals surface area contributed by atoms with Gasteiger partial charge in [-0.3, -0.25) is 11.3 Å². The highest BCUT2D eigenvalue weighted by Crippen LogP contribution is 2.27. The molecule has 0 saturated heterocycles. The van der Waals surface area contributed by atoms with Gasteiger partial charge in [0.2, 0.25) is 0 Å². The Morgan fingerprint density at radius 3 is 2.50 bits per heavy atom. The Bertz CT molecular complexity index is 622. The summed E-state index contributed by atoms with van der Waals surface area (Å²) in [5.74, 6) is 5.31. The van der Waals surface area contributed by atoms with E-state index in [9.17, 15) is 4.39 Å². The maximum absolute atomic E-state index is 13.2. The van der Waals surface area contributed by atoms with E-state index in [0.717, 1.165) is 11.1 Å². The number of hydrazine groups is 1. The molecule has 3 N–H and O–H groups in total. The van der Waals surface area contributed by atoms with Gasteiger partial charge in [0.05, 0.1) is 20.6 Å². The Labute approximate surface area is 135 Å². The molecule has 1 atom stereocenters. The van der Waals surface area contributed by atoms with Crippen molar-refractivity contribution in [3.63, 3.8) is 0 Å². The standard InChI is InChI=1S/C14H12BrCl2FN2/c15-10-5-8(1-4-13(10)18)6-14(20-19)9-2-3-11(16)12(17)7-9/h1-5,7,14,20H,6,19H2. The molecule has 0 fully saturated rings. The summed E-state index contributed by atoms with van der Waals surface area (Å²) >= 11 is 15.1. The first-order valence-corrected chi connectivity index (χ1v) is 7.41. The van der Waals surface area contributed by atoms with E-state index in [1.807, 2.05) is 6.07 Å². The minimum Gasteiger partial charge on any atom is -0.271 e. The Balaban J connectivity index is 2.23. The summed E-state index contributed by atoms with van der Waals surface area (Å²) in [5.41, 5.74) is 4.61. The zero-order valence-electron chi connectivity index (χ0n) is 10.3. The fourth-order valence-corrected chi connectivity index (χ4v) is 2.64. The van der Waals surface area contributed by atoms with Gasteiger partial charge in [0.25, 0.3) is 0 Å². The minimum atomic E-state index is -0.291. The maximum atomic E-state index is 13.2. The molecule has 0 heterocycles. The van der Waals surface area contributed by atoms with Crippen molar-refractivity contribution >= 4 is 39.1 Å². The summed E-state index contributed by atoms with van der Waals surface area (Å²) in [6, 6.07) is 10.1. The molecule has 0 bridgehead atoms. The first-order valence-electron chi connectivity index (χ1n) is 5.86. The lowest BCUT2D eigenvalue weighted by Gasteiger charge is -2.17. The molecule has 0 spiro atoms. The zero-order chi connectivity index (χ0) is 14.7. The van der Waals surface area contributed by atoms with Gasteiger partial charge < -0.3 is 0 Å². The van der Waals surface area contributed by atoms with Crippen LogP contribution in [0.25, 0.3) is 0 Å². The molecule has 0 aliphatic heterocycles. The molecule has 1 unspecified atom stereocenters. The van der Waals surface area contributed by atoms with Crippen LogP contribution in [0.2, 0.25) is 10.0 Å². The Hall–Kier alpha value is -0.650. The van der Waals surface area contributed by atoms with Gasteiger partial charge in [0.1, 0.15) is 5.82 Å². The lowest BCUT2D eigenvalue weighted by Crippen LogP contribution is -2.29. The van der Waals surface area contributed by atoms with Crippen LogP contribution < -0.4 is 11.3 Å². The van der Waals surface area contributed by atoms with Crippen molar-refractivity contribution in [2.75, 3.05) is 0 Å². The van der Waals surface area contributed by atoms with Crippen LogP contribution in [0.4, 0.5) is 4.39 Å². The third-order valence-electron chi connectivity index (χ3n) is 2.97. The van der Waals surface area contributed by atoms with E-state index in [2.05, 4.69) is 21.4 Å². The van der Waals surface area contributed by atoms with Gasteiger partial charge in [0.15, 0.2) is 0 Å². The second-order valence-corrected chi connectivity index (χ2v) is 6.01. The summed E-state index contributed by atoms with van der Waals surface area (Å²) in [5, 5.41) is 0.973. The molecule has 20 heavy (non-hydrogen) atoms. The fourth-order valence-electron chi connectivity index (χ4n) is 1.90. The number of nitrogens with one attached hydrogen (secondary N) is 1. The van der Waals surface area contributed by atoms with Gasteiger partial charge in [-0.15, -0.1) is 0 Å². The topological polar surface area (TPSA) is 38.0 Å². The average molecular weight is 378 g/mol. The monoisotopic (exact) mass is 376 g/mol. The van der Waals surface area contributed by atoms with Crippen molar-refractivity contribution in [3.05, 3.63) is 67.9 Å². The third kappa shape index (κ3) is 3.71. The van der Waals surface area contributed by atoms with Crippen molar-refractivity contribution < 1.29 is 4.39 Å². The normalized spacial score (nSPS) is 12.4. The molecule has 0 aliphatic rings. The summed E-state index contributed by atoms with van der Waals surface area (Å²) in [7, 11) is 0. The lowest BCUT2D eigenvalue weighted by molar-refractivity contribution is 0.550. The first kappa shape index (κ1) is 15.7. The first-order chi connectivity index (χ1) is 9.51. The van der Waals surface area contributed by atoms with Crippen molar-refractivity contribution in [3.8, 4) is 0 Å². The SMILES string of the molecule is NNC(Cc1ccc(F)c(Br)c1)c1ccc(Cl)c(Cl)c1. The van der Waals surface area contributed by atoms with Crippen LogP contribution in [0, 0.1) is 5.82 Å². The van der Waals surface area contributed by atoms with Crippen molar-refractivity contribution in [1.82, 2.24) is 5.43 Å². The Morgan fingerprint density at radius 1 is 1.15 bits per heavy atom. The molecule has 2 aromatic carbocycles. The van der Waals surface area contributed by atoms with Crippen LogP contribution in [0.15, 0.2) is 40.9 Å². The molecule has 0 aromatic heterocycles. The molecule has 2 nitrogen and oxygen atoms in total. The minimum absolute atomic E-state index is 0.137. The van der Waals surface area contributed by atoms with E-state index in [0.29, 0.717) is 20.9 Å². The maximum Gasteiger partial charge on any atom is 0.137 e. The number of rotatable bonds is 4. The number of hydrogen-bond acceptors (Lipinski definition) is 2. The molecule has 2 rings (SSSR count). The smallest absolute Gasteiger partial charge is 0.137 e. The second-order valence-electron chi connectivity index (χ2n) is 4.35. The van der Waals surface area contributed by atoms with Gasteiger partial charge in [-0.1, -0.05) is 35.3 Å². The Kier molecular flexibility index (Phi) is 5.41. The van der Waals surface area contributed by atoms with Crippen molar-refractivity contribution in [2.45, 2.75) is 12.5 Å². The van der Waals surface area contributed by atoms with Gasteiger partial charge in [-0.05, 0) is 57.7 Å². The predicted molar refractivity (Wildman–Crippen MR) is 84.3 cm³/mol. The van der Waals surface area contributed by atoms with Gasteiger partial charge in [0, 0.05) is 0 Å². The highest BCUT2D eigenvalue weighted by molar-refractivity contribution is 9.10. The van der Waals surface area contributed by atoms with Gasteiger partial charge >= 0.3 is 0 Å². The zero-order valence-corrected chi connectivity index (χ0v) is 13.4. The fraction of sp³-hybridized carbons (Fsp3) is 0.143. The average Bonchev–Trinajstić information content (AvgIpc) is 2.43. The Morgan fingerprint density at radius 2 is 1.90 bits per heavy atom. The molecule has 0 aliphatic carbocycles. The summed E-state index contributed by atoms with van der Waals surface area (Å²) in [6.45, 7) is 0. The summed E-state index contributed by atoms with van der Waals surface area (Å²) < 4.78 is 13.6. The molecule has 2 aromatic rings. The molecule has 0 saturated carbocycles. The van der Waals surface area contributed by atoms with Gasteiger partial charge in [-0.25, -0.2) is 4.39 Å². The van der Waals surface area contributed by atoms with Crippen LogP contribution in [0.3, 0.4) is 0 Å². The van der Waals surface area contributed by atoms with E-state index in [1.165, 1.54) is 6.07 Å². The highest BCUT2D eigenvalue weighted by Gasteiger charge is 2.13. The molecule has 106 valence electrons. The predicted octanol–water partition coefficient (Wildman–Crippen LogP) is 4.64. The van der Waals surface area contributed by atoms with Crippen LogP contribution in [0.1, 0.15) is 17.2 Å². The summed E-state index contributed by atoms with van der Waals surface area (Å²) in [4.78, 5) is 0. The number of hydrogen-bond donors (Lipinski definition) is 2. The van der Waals surface area contributed by atoms with E-state index >= 15 is 0 Å². The second kappa shape index (κ2) is 6.87. The molecule has 6 heteroatoms. The molecule has 0 radical (unpaired) electrons. The highest BCUT2D eigenvalue weighted by atomic mass is 79.9. The van der Waals surface area contributed by atoms with Crippen LogP contribution in [0.5, 0.6) is 0 Å². The quantitative estimate of drug-likeness (QED) is 0.601. The number of benzene rings is 2. The number of halogens is 4. The van der Waals surface area contributed by atoms with E-state index in [1.54, 1.807) is 24.3 Å². The van der Waals surface area contributed by atoms with E-state index in [4.69, 9.17) is 29.0 Å². The van der Waals surface area contributed by atoms with E-state index < -0.39 is 0 Å². The summed E-state index contributed by atoms with van der Waals surface area (Å²) in [6.07, 6.45) is 0.605. The van der Waals surface area contributed by atoms with Crippen molar-refractivity contribution in [1.29, 1.82) is 0 Å². The third-order valence-corrected chi connectivity index (χ3v) is 4.32. The molecular formula is C14H12BrCl2FN2. The molecule has 0 amide bonds.